The minimum absolute atomic E-state index is 0.0836. The maximum absolute atomic E-state index is 13.0. The summed E-state index contributed by atoms with van der Waals surface area (Å²) in [6.45, 7) is 2.89. The molecule has 0 saturated carbocycles. The van der Waals surface area contributed by atoms with Crippen LogP contribution in [0.15, 0.2) is 18.2 Å². The Kier molecular flexibility index (Phi) is 5.03. The van der Waals surface area contributed by atoms with E-state index in [0.29, 0.717) is 12.1 Å². The number of hydrogen-bond donors (Lipinski definition) is 1. The second-order valence-electron chi connectivity index (χ2n) is 3.70. The number of benzene rings is 1. The third kappa shape index (κ3) is 3.78. The lowest BCUT2D eigenvalue weighted by atomic mass is 10.2. The molecular weight excluding hydrogens is 226 g/mol. The maximum atomic E-state index is 13.0. The molecule has 5 heteroatoms. The van der Waals surface area contributed by atoms with Crippen molar-refractivity contribution in [2.75, 3.05) is 13.1 Å². The molecule has 1 aromatic carbocycles. The number of carbonyl (C=O) groups excluding carboxylic acids is 1. The Balaban J connectivity index is 2.73. The van der Waals surface area contributed by atoms with Gasteiger partial charge in [-0.25, -0.2) is 8.78 Å². The van der Waals surface area contributed by atoms with Crippen LogP contribution in [0.25, 0.3) is 0 Å². The van der Waals surface area contributed by atoms with Gasteiger partial charge in [-0.05, 0) is 24.6 Å². The lowest BCUT2D eigenvalue weighted by Gasteiger charge is -2.20. The van der Waals surface area contributed by atoms with Gasteiger partial charge in [-0.1, -0.05) is 6.07 Å². The van der Waals surface area contributed by atoms with Crippen molar-refractivity contribution >= 4 is 5.91 Å². The molecule has 0 aromatic heterocycles. The Bertz CT molecular complexity index is 396. The van der Waals surface area contributed by atoms with Crippen molar-refractivity contribution in [2.24, 2.45) is 5.73 Å². The monoisotopic (exact) mass is 242 g/mol. The van der Waals surface area contributed by atoms with Gasteiger partial charge in [0.25, 0.3) is 0 Å². The van der Waals surface area contributed by atoms with Gasteiger partial charge < -0.3 is 10.6 Å². The van der Waals surface area contributed by atoms with Gasteiger partial charge in [0.05, 0.1) is 0 Å². The fourth-order valence-electron chi connectivity index (χ4n) is 1.52. The van der Waals surface area contributed by atoms with Crippen molar-refractivity contribution in [2.45, 2.75) is 19.9 Å². The Hall–Kier alpha value is -1.49. The van der Waals surface area contributed by atoms with Crippen LogP contribution in [0, 0.1) is 11.6 Å². The highest BCUT2D eigenvalue weighted by Gasteiger charge is 2.12. The molecule has 1 aromatic rings. The van der Waals surface area contributed by atoms with E-state index < -0.39 is 11.6 Å². The molecule has 2 N–H and O–H groups in total. The summed E-state index contributed by atoms with van der Waals surface area (Å²) in [5, 5.41) is 0. The first-order valence-corrected chi connectivity index (χ1v) is 5.50. The van der Waals surface area contributed by atoms with E-state index in [0.717, 1.165) is 12.1 Å². The number of hydrogen-bond acceptors (Lipinski definition) is 2. The molecule has 0 radical (unpaired) electrons. The zero-order valence-corrected chi connectivity index (χ0v) is 9.75. The molecule has 0 aliphatic heterocycles. The molecule has 0 unspecified atom stereocenters. The molecule has 0 spiro atoms. The molecule has 17 heavy (non-hydrogen) atoms. The quantitative estimate of drug-likeness (QED) is 0.853. The summed E-state index contributed by atoms with van der Waals surface area (Å²) >= 11 is 0. The number of rotatable bonds is 5. The van der Waals surface area contributed by atoms with Crippen LogP contribution in [0.2, 0.25) is 0 Å². The summed E-state index contributed by atoms with van der Waals surface area (Å²) in [6.07, 6.45) is 0.261. The summed E-state index contributed by atoms with van der Waals surface area (Å²) in [7, 11) is 0. The van der Waals surface area contributed by atoms with Crippen molar-refractivity contribution < 1.29 is 13.6 Å². The first-order chi connectivity index (χ1) is 8.08. The fourth-order valence-corrected chi connectivity index (χ4v) is 1.52. The second kappa shape index (κ2) is 6.30. The molecule has 3 nitrogen and oxygen atoms in total. The number of nitrogens with zero attached hydrogens (tertiary/aromatic N) is 1. The Morgan fingerprint density at radius 3 is 2.59 bits per heavy atom. The standard InChI is InChI=1S/C12H16F2N2O/c1-2-16(12(17)5-6-15)8-9-3-4-10(13)11(14)7-9/h3-4,7H,2,5-6,8,15H2,1H3. The van der Waals surface area contributed by atoms with Crippen molar-refractivity contribution in [1.29, 1.82) is 0 Å². The summed E-state index contributed by atoms with van der Waals surface area (Å²) in [6, 6.07) is 3.64. The van der Waals surface area contributed by atoms with E-state index in [4.69, 9.17) is 5.73 Å². The van der Waals surface area contributed by atoms with Crippen LogP contribution in [-0.2, 0) is 11.3 Å². The van der Waals surface area contributed by atoms with Gasteiger partial charge in [0.15, 0.2) is 11.6 Å². The highest BCUT2D eigenvalue weighted by Crippen LogP contribution is 2.11. The molecule has 0 heterocycles. The van der Waals surface area contributed by atoms with Crippen LogP contribution in [0.4, 0.5) is 8.78 Å². The largest absolute Gasteiger partial charge is 0.339 e. The number of nitrogens with two attached hydrogens (primary N) is 1. The molecule has 0 fully saturated rings. The van der Waals surface area contributed by atoms with Gasteiger partial charge in [0, 0.05) is 26.1 Å². The van der Waals surface area contributed by atoms with Gasteiger partial charge in [0.2, 0.25) is 5.91 Å². The highest BCUT2D eigenvalue weighted by atomic mass is 19.2. The van der Waals surface area contributed by atoms with Crippen molar-refractivity contribution in [3.63, 3.8) is 0 Å². The van der Waals surface area contributed by atoms with Crippen molar-refractivity contribution in [3.05, 3.63) is 35.4 Å². The summed E-state index contributed by atoms with van der Waals surface area (Å²) in [4.78, 5) is 13.2. The van der Waals surface area contributed by atoms with Crippen LogP contribution < -0.4 is 5.73 Å². The highest BCUT2D eigenvalue weighted by molar-refractivity contribution is 5.76. The first kappa shape index (κ1) is 13.6. The van der Waals surface area contributed by atoms with E-state index in [1.807, 2.05) is 6.92 Å². The predicted octanol–water partition coefficient (Wildman–Crippen LogP) is 1.66. The van der Waals surface area contributed by atoms with E-state index in [1.165, 1.54) is 6.07 Å². The molecule has 0 atom stereocenters. The number of amides is 1. The fraction of sp³-hybridized carbons (Fsp3) is 0.417. The third-order valence-electron chi connectivity index (χ3n) is 2.45. The van der Waals surface area contributed by atoms with Crippen LogP contribution in [0.1, 0.15) is 18.9 Å². The Morgan fingerprint density at radius 2 is 2.06 bits per heavy atom. The van der Waals surface area contributed by atoms with Gasteiger partial charge >= 0.3 is 0 Å². The molecule has 0 aliphatic rings. The summed E-state index contributed by atoms with van der Waals surface area (Å²) in [5.41, 5.74) is 5.87. The molecule has 1 amide bonds. The topological polar surface area (TPSA) is 46.3 Å². The van der Waals surface area contributed by atoms with E-state index in [1.54, 1.807) is 4.90 Å². The average Bonchev–Trinajstić information content (AvgIpc) is 2.30. The van der Waals surface area contributed by atoms with Gasteiger partial charge in [-0.2, -0.15) is 0 Å². The van der Waals surface area contributed by atoms with Crippen molar-refractivity contribution in [1.82, 2.24) is 4.90 Å². The first-order valence-electron chi connectivity index (χ1n) is 5.50. The summed E-state index contributed by atoms with van der Waals surface area (Å²) < 4.78 is 25.7. The molecule has 0 bridgehead atoms. The predicted molar refractivity (Wildman–Crippen MR) is 61.1 cm³/mol. The normalized spacial score (nSPS) is 10.4. The van der Waals surface area contributed by atoms with E-state index >= 15 is 0 Å². The molecule has 0 aliphatic carbocycles. The Labute approximate surface area is 99.2 Å². The van der Waals surface area contributed by atoms with Crippen molar-refractivity contribution in [3.8, 4) is 0 Å². The van der Waals surface area contributed by atoms with Crippen LogP contribution >= 0.6 is 0 Å². The van der Waals surface area contributed by atoms with Crippen LogP contribution in [0.5, 0.6) is 0 Å². The smallest absolute Gasteiger partial charge is 0.224 e. The molecule has 94 valence electrons. The minimum atomic E-state index is -0.898. The number of halogens is 2. The number of carbonyl (C=O) groups is 1. The lowest BCUT2D eigenvalue weighted by molar-refractivity contribution is -0.131. The van der Waals surface area contributed by atoms with Gasteiger partial charge in [-0.15, -0.1) is 0 Å². The summed E-state index contributed by atoms with van der Waals surface area (Å²) in [5.74, 6) is -1.87. The van der Waals surface area contributed by atoms with E-state index in [2.05, 4.69) is 0 Å². The van der Waals surface area contributed by atoms with Crippen LogP contribution in [0.3, 0.4) is 0 Å². The SMILES string of the molecule is CCN(Cc1ccc(F)c(F)c1)C(=O)CCN. The zero-order chi connectivity index (χ0) is 12.8. The van der Waals surface area contributed by atoms with E-state index in [-0.39, 0.29) is 25.4 Å². The second-order valence-corrected chi connectivity index (χ2v) is 3.70. The zero-order valence-electron chi connectivity index (χ0n) is 9.75. The Morgan fingerprint density at radius 1 is 1.35 bits per heavy atom. The lowest BCUT2D eigenvalue weighted by Crippen LogP contribution is -2.31. The van der Waals surface area contributed by atoms with Crippen LogP contribution in [-0.4, -0.2) is 23.9 Å². The third-order valence-corrected chi connectivity index (χ3v) is 2.45. The maximum Gasteiger partial charge on any atom is 0.224 e. The molecule has 0 saturated heterocycles. The molecular formula is C12H16F2N2O. The molecule has 1 rings (SSSR count). The van der Waals surface area contributed by atoms with Gasteiger partial charge in [-0.3, -0.25) is 4.79 Å². The van der Waals surface area contributed by atoms with Gasteiger partial charge in [0.1, 0.15) is 0 Å². The van der Waals surface area contributed by atoms with E-state index in [9.17, 15) is 13.6 Å². The average molecular weight is 242 g/mol. The minimum Gasteiger partial charge on any atom is -0.339 e.